The number of imide groups is 1. The number of aromatic hydroxyl groups is 2. The number of para-hydroxylation sites is 1. The van der Waals surface area contributed by atoms with Gasteiger partial charge >= 0.3 is 25.0 Å². The SMILES string of the molecule is CCN1CCN(C(=O)NC(CC(=O)C[C@H]2Cc3cccc(C)c3OB2O)c2cc(O)c(O)c(Cl)c2)C(=O)C1=O. The summed E-state index contributed by atoms with van der Waals surface area (Å²) in [6.07, 6.45) is 0.0453. The summed E-state index contributed by atoms with van der Waals surface area (Å²) in [5.74, 6) is -3.21. The molecule has 2 aliphatic heterocycles. The first-order chi connectivity index (χ1) is 18.5. The Morgan fingerprint density at radius 3 is 2.64 bits per heavy atom. The minimum Gasteiger partial charge on any atom is -0.536 e. The average molecular weight is 558 g/mol. The monoisotopic (exact) mass is 557 g/mol. The largest absolute Gasteiger partial charge is 0.536 e. The molecule has 1 fully saturated rings. The maximum Gasteiger partial charge on any atom is 0.526 e. The molecule has 0 aliphatic carbocycles. The van der Waals surface area contributed by atoms with Crippen molar-refractivity contribution < 1.29 is 39.1 Å². The Morgan fingerprint density at radius 1 is 1.21 bits per heavy atom. The fourth-order valence-electron chi connectivity index (χ4n) is 4.87. The molecule has 206 valence electrons. The molecule has 4 N–H and O–H groups in total. The molecule has 0 spiro atoms. The highest BCUT2D eigenvalue weighted by Crippen LogP contribution is 2.38. The lowest BCUT2D eigenvalue weighted by Gasteiger charge is -2.33. The molecule has 0 aromatic heterocycles. The summed E-state index contributed by atoms with van der Waals surface area (Å²) in [5, 5.41) is 32.9. The predicted octanol–water partition coefficient (Wildman–Crippen LogP) is 2.34. The molecule has 13 heteroatoms. The zero-order valence-corrected chi connectivity index (χ0v) is 22.3. The highest BCUT2D eigenvalue weighted by atomic mass is 35.5. The molecule has 4 amide bonds. The zero-order chi connectivity index (χ0) is 28.4. The van der Waals surface area contributed by atoms with Crippen molar-refractivity contribution in [2.45, 2.75) is 45.0 Å². The van der Waals surface area contributed by atoms with Crippen molar-refractivity contribution in [1.82, 2.24) is 15.1 Å². The smallest absolute Gasteiger partial charge is 0.526 e. The van der Waals surface area contributed by atoms with Gasteiger partial charge in [0.25, 0.3) is 0 Å². The molecule has 2 atom stereocenters. The van der Waals surface area contributed by atoms with E-state index in [0.717, 1.165) is 22.1 Å². The second-order valence-electron chi connectivity index (χ2n) is 9.70. The molecule has 39 heavy (non-hydrogen) atoms. The van der Waals surface area contributed by atoms with Gasteiger partial charge in [0, 0.05) is 38.3 Å². The first kappa shape index (κ1) is 28.2. The van der Waals surface area contributed by atoms with Crippen LogP contribution < -0.4 is 9.97 Å². The van der Waals surface area contributed by atoms with E-state index in [1.54, 1.807) is 6.92 Å². The van der Waals surface area contributed by atoms with Crippen LogP contribution in [0.1, 0.15) is 42.5 Å². The van der Waals surface area contributed by atoms with E-state index in [9.17, 15) is 34.4 Å². The Balaban J connectivity index is 1.53. The average Bonchev–Trinajstić information content (AvgIpc) is 2.89. The number of nitrogens with zero attached hydrogens (tertiary/aromatic N) is 2. The van der Waals surface area contributed by atoms with E-state index in [2.05, 4.69) is 5.32 Å². The molecular formula is C26H29BClN3O8. The normalized spacial score (nSPS) is 17.9. The van der Waals surface area contributed by atoms with Gasteiger partial charge in [0.1, 0.15) is 11.5 Å². The standard InChI is InChI=1S/C26H29BClN3O8/c1-3-30-7-8-31(25(36)24(30)35)26(37)29-20(16-10-19(28)22(34)21(33)11-16)13-18(32)12-17-9-15-6-4-5-14(2)23(15)39-27(17)38/h4-6,10-11,17,20,33-34,38H,3,7-9,12-13H2,1-2H3,(H,29,37)/t17-,20?/m1/s1. The number of fused-ring (bicyclic) bond motifs is 1. The third-order valence-corrected chi connectivity index (χ3v) is 7.33. The second-order valence-corrected chi connectivity index (χ2v) is 10.1. The number of carbonyl (C=O) groups is 4. The molecule has 0 radical (unpaired) electrons. The summed E-state index contributed by atoms with van der Waals surface area (Å²) < 4.78 is 5.67. The molecule has 2 aromatic rings. The number of aryl methyl sites for hydroxylation is 1. The number of halogens is 1. The Morgan fingerprint density at radius 2 is 1.95 bits per heavy atom. The lowest BCUT2D eigenvalue weighted by atomic mass is 9.64. The van der Waals surface area contributed by atoms with Crippen LogP contribution in [0.15, 0.2) is 30.3 Å². The van der Waals surface area contributed by atoms with E-state index in [0.29, 0.717) is 18.7 Å². The maximum atomic E-state index is 13.2. The summed E-state index contributed by atoms with van der Waals surface area (Å²) in [5.41, 5.74) is 1.94. The topological polar surface area (TPSA) is 157 Å². The maximum absolute atomic E-state index is 13.2. The Hall–Kier alpha value is -3.77. The van der Waals surface area contributed by atoms with Gasteiger partial charge in [0.15, 0.2) is 11.5 Å². The number of Topliss-reactive ketones (excluding diaryl/α,β-unsaturated/α-hetero) is 1. The van der Waals surface area contributed by atoms with Crippen LogP contribution in [-0.4, -0.2) is 75.4 Å². The van der Waals surface area contributed by atoms with E-state index < -0.39 is 48.3 Å². The first-order valence-electron chi connectivity index (χ1n) is 12.6. The quantitative estimate of drug-likeness (QED) is 0.230. The highest BCUT2D eigenvalue weighted by molar-refractivity contribution is 6.46. The van der Waals surface area contributed by atoms with Crippen molar-refractivity contribution in [2.75, 3.05) is 19.6 Å². The molecule has 11 nitrogen and oxygen atoms in total. The number of rotatable bonds is 7. The van der Waals surface area contributed by atoms with Gasteiger partial charge in [-0.3, -0.25) is 19.3 Å². The Labute approximate surface area is 230 Å². The first-order valence-corrected chi connectivity index (χ1v) is 13.0. The van der Waals surface area contributed by atoms with Crippen molar-refractivity contribution in [2.24, 2.45) is 0 Å². The summed E-state index contributed by atoms with van der Waals surface area (Å²) in [6, 6.07) is 6.07. The third-order valence-electron chi connectivity index (χ3n) is 7.04. The van der Waals surface area contributed by atoms with Crippen molar-refractivity contribution in [1.29, 1.82) is 0 Å². The van der Waals surface area contributed by atoms with Gasteiger partial charge in [0.2, 0.25) is 0 Å². The van der Waals surface area contributed by atoms with Crippen LogP contribution in [0.25, 0.3) is 0 Å². The van der Waals surface area contributed by atoms with Gasteiger partial charge in [0.05, 0.1) is 11.1 Å². The molecule has 1 saturated heterocycles. The Kier molecular flexibility index (Phi) is 8.36. The number of phenolic OH excluding ortho intramolecular Hbond substituents is 2. The van der Waals surface area contributed by atoms with E-state index in [4.69, 9.17) is 16.3 Å². The molecule has 0 bridgehead atoms. The van der Waals surface area contributed by atoms with Gasteiger partial charge in [-0.15, -0.1) is 0 Å². The van der Waals surface area contributed by atoms with E-state index in [1.165, 1.54) is 11.0 Å². The molecule has 2 aliphatic rings. The van der Waals surface area contributed by atoms with E-state index in [-0.39, 0.29) is 42.3 Å². The minimum atomic E-state index is -1.21. The fourth-order valence-corrected chi connectivity index (χ4v) is 5.10. The van der Waals surface area contributed by atoms with Crippen LogP contribution in [-0.2, 0) is 20.8 Å². The van der Waals surface area contributed by atoms with E-state index >= 15 is 0 Å². The number of nitrogens with one attached hydrogen (secondary N) is 1. The molecular weight excluding hydrogens is 529 g/mol. The van der Waals surface area contributed by atoms with Crippen molar-refractivity contribution in [3.63, 3.8) is 0 Å². The van der Waals surface area contributed by atoms with Gasteiger partial charge in [-0.2, -0.15) is 0 Å². The number of benzene rings is 2. The lowest BCUT2D eigenvalue weighted by Crippen LogP contribution is -2.58. The Bertz CT molecular complexity index is 1300. The van der Waals surface area contributed by atoms with Crippen molar-refractivity contribution in [3.05, 3.63) is 52.0 Å². The molecule has 2 aromatic carbocycles. The summed E-state index contributed by atoms with van der Waals surface area (Å²) in [4.78, 5) is 53.2. The van der Waals surface area contributed by atoms with Crippen LogP contribution in [0, 0.1) is 6.92 Å². The van der Waals surface area contributed by atoms with Crippen LogP contribution >= 0.6 is 11.6 Å². The highest BCUT2D eigenvalue weighted by Gasteiger charge is 2.39. The molecule has 0 saturated carbocycles. The van der Waals surface area contributed by atoms with Gasteiger partial charge < -0.3 is 30.1 Å². The number of carbonyl (C=O) groups excluding carboxylic acids is 4. The number of amides is 4. The fraction of sp³-hybridized carbons (Fsp3) is 0.385. The second kappa shape index (κ2) is 11.5. The number of hydrogen-bond acceptors (Lipinski definition) is 8. The summed E-state index contributed by atoms with van der Waals surface area (Å²) in [6.45, 7) is 4.05. The number of ketones is 1. The molecule has 2 heterocycles. The van der Waals surface area contributed by atoms with Gasteiger partial charge in [-0.1, -0.05) is 29.8 Å². The lowest BCUT2D eigenvalue weighted by molar-refractivity contribution is -0.153. The van der Waals surface area contributed by atoms with E-state index in [1.807, 2.05) is 25.1 Å². The van der Waals surface area contributed by atoms with Crippen LogP contribution in [0.3, 0.4) is 0 Å². The zero-order valence-electron chi connectivity index (χ0n) is 21.5. The van der Waals surface area contributed by atoms with Gasteiger partial charge in [-0.25, -0.2) is 4.79 Å². The predicted molar refractivity (Wildman–Crippen MR) is 141 cm³/mol. The van der Waals surface area contributed by atoms with Gasteiger partial charge in [-0.05, 0) is 49.1 Å². The molecule has 4 rings (SSSR count). The molecule has 1 unspecified atom stereocenters. The van der Waals surface area contributed by atoms with Crippen LogP contribution in [0.5, 0.6) is 17.2 Å². The van der Waals surface area contributed by atoms with Crippen molar-refractivity contribution in [3.8, 4) is 17.2 Å². The number of likely N-dealkylation sites (N-methyl/N-ethyl adjacent to an activating group) is 1. The van der Waals surface area contributed by atoms with Crippen LogP contribution in [0.4, 0.5) is 4.79 Å². The number of urea groups is 1. The van der Waals surface area contributed by atoms with Crippen molar-refractivity contribution >= 4 is 42.3 Å². The minimum absolute atomic E-state index is 0.0308. The number of hydrogen-bond donors (Lipinski definition) is 4. The summed E-state index contributed by atoms with van der Waals surface area (Å²) >= 11 is 6.02. The number of piperazine rings is 1. The third kappa shape index (κ3) is 5.96. The van der Waals surface area contributed by atoms with Crippen LogP contribution in [0.2, 0.25) is 10.8 Å². The summed E-state index contributed by atoms with van der Waals surface area (Å²) in [7, 11) is -1.21. The number of phenols is 2.